The van der Waals surface area contributed by atoms with Crippen molar-refractivity contribution in [1.29, 1.82) is 0 Å². The van der Waals surface area contributed by atoms with E-state index in [1.165, 1.54) is 29.9 Å². The Kier molecular flexibility index (Phi) is 3.90. The van der Waals surface area contributed by atoms with Crippen LogP contribution in [-0.2, 0) is 14.3 Å². The van der Waals surface area contributed by atoms with Gasteiger partial charge in [0, 0.05) is 30.1 Å². The Morgan fingerprint density at radius 3 is 3.00 bits per heavy atom. The third kappa shape index (κ3) is 2.60. The Labute approximate surface area is 130 Å². The van der Waals surface area contributed by atoms with Crippen molar-refractivity contribution in [2.24, 2.45) is 0 Å². The van der Waals surface area contributed by atoms with Crippen LogP contribution in [0.5, 0.6) is 0 Å². The molecule has 1 atom stereocenters. The number of likely N-dealkylation sites (N-methyl/N-ethyl adjacent to an activating group) is 1. The summed E-state index contributed by atoms with van der Waals surface area (Å²) in [7, 11) is 5.53. The number of carbonyl (C=O) groups excluding carboxylic acids is 1. The number of dihydropyridines is 1. The number of methoxy groups -OCH3 is 1. The number of rotatable bonds is 3. The van der Waals surface area contributed by atoms with Gasteiger partial charge in [0.1, 0.15) is 12.4 Å². The zero-order chi connectivity index (χ0) is 15.7. The van der Waals surface area contributed by atoms with Crippen molar-refractivity contribution in [2.75, 3.05) is 27.8 Å². The summed E-state index contributed by atoms with van der Waals surface area (Å²) >= 11 is 0. The third-order valence-corrected chi connectivity index (χ3v) is 4.14. The molecule has 2 aliphatic heterocycles. The molecule has 0 bridgehead atoms. The Balaban J connectivity index is 1.92. The lowest BCUT2D eigenvalue weighted by molar-refractivity contribution is -0.134. The predicted octanol–water partition coefficient (Wildman–Crippen LogP) is 1.63. The van der Waals surface area contributed by atoms with Crippen LogP contribution in [0.3, 0.4) is 0 Å². The quantitative estimate of drug-likeness (QED) is 0.634. The molecule has 5 nitrogen and oxygen atoms in total. The molecule has 0 amide bonds. The summed E-state index contributed by atoms with van der Waals surface area (Å²) in [6.45, 7) is 0.532. The first kappa shape index (κ1) is 14.7. The van der Waals surface area contributed by atoms with Crippen LogP contribution in [0.4, 0.5) is 0 Å². The van der Waals surface area contributed by atoms with Gasteiger partial charge in [0.15, 0.2) is 0 Å². The molecule has 0 saturated heterocycles. The van der Waals surface area contributed by atoms with E-state index in [1.54, 1.807) is 6.08 Å². The van der Waals surface area contributed by atoms with Crippen LogP contribution in [0.15, 0.2) is 58.7 Å². The highest BCUT2D eigenvalue weighted by atomic mass is 16.5. The van der Waals surface area contributed by atoms with E-state index in [0.29, 0.717) is 18.4 Å². The lowest BCUT2D eigenvalue weighted by atomic mass is 9.97. The summed E-state index contributed by atoms with van der Waals surface area (Å²) in [5, 5.41) is 3.20. The summed E-state index contributed by atoms with van der Waals surface area (Å²) in [4.78, 5) is 13.5. The van der Waals surface area contributed by atoms with E-state index < -0.39 is 5.97 Å². The maximum absolute atomic E-state index is 11.2. The Morgan fingerprint density at radius 1 is 1.45 bits per heavy atom. The van der Waals surface area contributed by atoms with Crippen LogP contribution in [0.25, 0.3) is 0 Å². The SMILES string of the molecule is COC(=O)/C=C/C1=CC2=CNC=C3CC(N(C)C)C(=C23)CO1. The normalized spacial score (nSPS) is 23.3. The lowest BCUT2D eigenvalue weighted by Gasteiger charge is -2.22. The number of allylic oxidation sites excluding steroid dienone is 4. The molecule has 1 unspecified atom stereocenters. The van der Waals surface area contributed by atoms with E-state index >= 15 is 0 Å². The largest absolute Gasteiger partial charge is 0.489 e. The fraction of sp³-hybridized carbons (Fsp3) is 0.353. The molecule has 0 fully saturated rings. The van der Waals surface area contributed by atoms with Crippen molar-refractivity contribution in [3.05, 3.63) is 58.7 Å². The summed E-state index contributed by atoms with van der Waals surface area (Å²) in [6.07, 6.45) is 10.0. The summed E-state index contributed by atoms with van der Waals surface area (Å²) in [5.74, 6) is 0.267. The standard InChI is InChI=1S/C17H20N2O3/c1-19(2)15-7-12-9-18-8-11-6-13(4-5-16(20)21-3)22-10-14(15)17(11)12/h4-6,8-9,15,18H,7,10H2,1-3H3/b5-4+. The van der Waals surface area contributed by atoms with Crippen LogP contribution in [0.2, 0.25) is 0 Å². The van der Waals surface area contributed by atoms with E-state index in [-0.39, 0.29) is 0 Å². The van der Waals surface area contributed by atoms with Gasteiger partial charge in [-0.15, -0.1) is 0 Å². The second-order valence-corrected chi connectivity index (χ2v) is 5.71. The fourth-order valence-electron chi connectivity index (χ4n) is 3.06. The van der Waals surface area contributed by atoms with Gasteiger partial charge in [-0.3, -0.25) is 0 Å². The maximum Gasteiger partial charge on any atom is 0.330 e. The average molecular weight is 300 g/mol. The highest BCUT2D eigenvalue weighted by Crippen LogP contribution is 2.41. The maximum atomic E-state index is 11.2. The van der Waals surface area contributed by atoms with Gasteiger partial charge in [-0.25, -0.2) is 4.79 Å². The van der Waals surface area contributed by atoms with Crippen LogP contribution in [0.1, 0.15) is 6.42 Å². The molecule has 0 saturated carbocycles. The lowest BCUT2D eigenvalue weighted by Crippen LogP contribution is -2.29. The van der Waals surface area contributed by atoms with Crippen LogP contribution in [0, 0.1) is 0 Å². The van der Waals surface area contributed by atoms with E-state index in [0.717, 1.165) is 12.0 Å². The van der Waals surface area contributed by atoms with Gasteiger partial charge in [0.25, 0.3) is 0 Å². The molecular weight excluding hydrogens is 280 g/mol. The smallest absolute Gasteiger partial charge is 0.330 e. The first-order chi connectivity index (χ1) is 10.6. The second kappa shape index (κ2) is 5.85. The van der Waals surface area contributed by atoms with Gasteiger partial charge in [-0.2, -0.15) is 0 Å². The number of nitrogens with one attached hydrogen (secondary N) is 1. The molecule has 0 aromatic rings. The summed E-state index contributed by atoms with van der Waals surface area (Å²) in [6, 6.07) is 0.349. The van der Waals surface area contributed by atoms with Gasteiger partial charge in [0.2, 0.25) is 0 Å². The molecule has 116 valence electrons. The average Bonchev–Trinajstić information content (AvgIpc) is 2.78. The van der Waals surface area contributed by atoms with Gasteiger partial charge >= 0.3 is 5.97 Å². The topological polar surface area (TPSA) is 50.8 Å². The van der Waals surface area contributed by atoms with Crippen LogP contribution < -0.4 is 5.32 Å². The second-order valence-electron chi connectivity index (χ2n) is 5.71. The Bertz CT molecular complexity index is 651. The van der Waals surface area contributed by atoms with E-state index in [1.807, 2.05) is 12.3 Å². The van der Waals surface area contributed by atoms with E-state index in [2.05, 4.69) is 35.2 Å². The molecule has 3 rings (SSSR count). The van der Waals surface area contributed by atoms with E-state index in [4.69, 9.17) is 4.74 Å². The van der Waals surface area contributed by atoms with Gasteiger partial charge < -0.3 is 19.7 Å². The molecule has 5 heteroatoms. The van der Waals surface area contributed by atoms with Crippen molar-refractivity contribution in [3.8, 4) is 0 Å². The number of hydrogen-bond acceptors (Lipinski definition) is 5. The van der Waals surface area contributed by atoms with Crippen molar-refractivity contribution >= 4 is 5.97 Å². The molecule has 1 N–H and O–H groups in total. The highest BCUT2D eigenvalue weighted by molar-refractivity contribution is 5.82. The van der Waals surface area contributed by atoms with Crippen LogP contribution >= 0.6 is 0 Å². The monoisotopic (exact) mass is 300 g/mol. The number of carbonyl (C=O) groups is 1. The number of esters is 1. The third-order valence-electron chi connectivity index (χ3n) is 4.14. The molecular formula is C17H20N2O3. The van der Waals surface area contributed by atoms with Crippen molar-refractivity contribution in [3.63, 3.8) is 0 Å². The molecule has 0 radical (unpaired) electrons. The van der Waals surface area contributed by atoms with Crippen molar-refractivity contribution in [2.45, 2.75) is 12.5 Å². The number of nitrogens with zero attached hydrogens (tertiary/aromatic N) is 1. The zero-order valence-electron chi connectivity index (χ0n) is 13.1. The van der Waals surface area contributed by atoms with Crippen LogP contribution in [-0.4, -0.2) is 44.7 Å². The zero-order valence-corrected chi connectivity index (χ0v) is 13.1. The van der Waals surface area contributed by atoms with E-state index in [9.17, 15) is 4.79 Å². The molecule has 0 aromatic heterocycles. The minimum Gasteiger partial charge on any atom is -0.489 e. The Hall–Kier alpha value is -2.27. The first-order valence-electron chi connectivity index (χ1n) is 7.26. The number of hydrogen-bond donors (Lipinski definition) is 1. The summed E-state index contributed by atoms with van der Waals surface area (Å²) < 4.78 is 10.5. The predicted molar refractivity (Wildman–Crippen MR) is 83.6 cm³/mol. The van der Waals surface area contributed by atoms with Crippen molar-refractivity contribution < 1.29 is 14.3 Å². The van der Waals surface area contributed by atoms with Gasteiger partial charge in [-0.1, -0.05) is 0 Å². The van der Waals surface area contributed by atoms with Crippen molar-refractivity contribution in [1.82, 2.24) is 10.2 Å². The van der Waals surface area contributed by atoms with Gasteiger partial charge in [-0.05, 0) is 49.4 Å². The molecule has 22 heavy (non-hydrogen) atoms. The Morgan fingerprint density at radius 2 is 2.27 bits per heavy atom. The molecule has 0 spiro atoms. The first-order valence-corrected chi connectivity index (χ1v) is 7.26. The molecule has 3 aliphatic rings. The fourth-order valence-corrected chi connectivity index (χ4v) is 3.06. The molecule has 1 aliphatic carbocycles. The minimum atomic E-state index is -0.392. The molecule has 0 aromatic carbocycles. The minimum absolute atomic E-state index is 0.349. The molecule has 2 heterocycles. The highest BCUT2D eigenvalue weighted by Gasteiger charge is 2.34. The summed E-state index contributed by atoms with van der Waals surface area (Å²) in [5.41, 5.74) is 4.98. The van der Waals surface area contributed by atoms with Gasteiger partial charge in [0.05, 0.1) is 7.11 Å². The number of ether oxygens (including phenoxy) is 2.